The number of nitrogens with two attached hydrogens (primary N) is 1. The molecule has 0 aliphatic rings. The lowest BCUT2D eigenvalue weighted by atomic mass is 10.0. The fraction of sp³-hybridized carbons (Fsp3) is 0.321. The summed E-state index contributed by atoms with van der Waals surface area (Å²) < 4.78 is 69.9. The monoisotopic (exact) mass is 613 g/mol. The third-order valence-corrected chi connectivity index (χ3v) is 6.11. The summed E-state index contributed by atoms with van der Waals surface area (Å²) in [6, 6.07) is 7.06. The largest absolute Gasteiger partial charge is 0.495 e. The minimum atomic E-state index is -4.62. The van der Waals surface area contributed by atoms with Gasteiger partial charge in [0.1, 0.15) is 23.4 Å². The standard InChI is InChI=1S/C28H28ClF4N3O6/c1-15(2)41-9-8-22(27(39)35-17-5-6-18(26(34)38)21(30)11-17)36-13-24(40-3)20(12-25(36)37)19-10-16(29)4-7-23(19)42-14-28(31,32)33/h4-7,10-13,15,22H,8-9,14H2,1-3H3,(H2,34,38)(H,35,39). The number of nitrogens with zero attached hydrogens (tertiary/aromatic N) is 1. The van der Waals surface area contributed by atoms with Gasteiger partial charge < -0.3 is 25.3 Å². The Morgan fingerprint density at radius 2 is 1.76 bits per heavy atom. The molecule has 0 saturated carbocycles. The van der Waals surface area contributed by atoms with E-state index in [1.165, 1.54) is 37.6 Å². The Morgan fingerprint density at radius 3 is 2.36 bits per heavy atom. The van der Waals surface area contributed by atoms with Gasteiger partial charge in [0, 0.05) is 40.9 Å². The first-order valence-corrected chi connectivity index (χ1v) is 12.9. The van der Waals surface area contributed by atoms with Crippen LogP contribution in [0, 0.1) is 5.82 Å². The molecule has 1 heterocycles. The van der Waals surface area contributed by atoms with Crippen LogP contribution in [0.5, 0.6) is 11.5 Å². The summed E-state index contributed by atoms with van der Waals surface area (Å²) >= 11 is 6.09. The van der Waals surface area contributed by atoms with E-state index in [4.69, 9.17) is 31.5 Å². The molecule has 0 aliphatic heterocycles. The van der Waals surface area contributed by atoms with E-state index in [1.807, 2.05) is 0 Å². The van der Waals surface area contributed by atoms with Crippen LogP contribution in [0.4, 0.5) is 23.2 Å². The average Bonchev–Trinajstić information content (AvgIpc) is 2.89. The third-order valence-electron chi connectivity index (χ3n) is 5.87. The first kappa shape index (κ1) is 32.4. The number of hydrogen-bond acceptors (Lipinski definition) is 6. The van der Waals surface area contributed by atoms with Crippen LogP contribution in [-0.4, -0.2) is 49.0 Å². The van der Waals surface area contributed by atoms with Crippen molar-refractivity contribution in [3.8, 4) is 22.6 Å². The van der Waals surface area contributed by atoms with Gasteiger partial charge in [-0.1, -0.05) is 11.6 Å². The number of benzene rings is 2. The summed E-state index contributed by atoms with van der Waals surface area (Å²) in [6.07, 6.45) is -3.57. The van der Waals surface area contributed by atoms with Gasteiger partial charge in [-0.25, -0.2) is 4.39 Å². The van der Waals surface area contributed by atoms with E-state index in [0.29, 0.717) is 0 Å². The topological polar surface area (TPSA) is 122 Å². The Hall–Kier alpha value is -4.10. The Labute approximate surface area is 243 Å². The number of aromatic nitrogens is 1. The van der Waals surface area contributed by atoms with Crippen molar-refractivity contribution in [1.29, 1.82) is 0 Å². The Morgan fingerprint density at radius 1 is 1.07 bits per heavy atom. The molecule has 0 bridgehead atoms. The van der Waals surface area contributed by atoms with Crippen LogP contribution in [0.3, 0.4) is 0 Å². The highest BCUT2D eigenvalue weighted by atomic mass is 35.5. The molecule has 1 unspecified atom stereocenters. The zero-order valence-corrected chi connectivity index (χ0v) is 23.5. The van der Waals surface area contributed by atoms with Crippen molar-refractivity contribution in [3.05, 3.63) is 75.4 Å². The van der Waals surface area contributed by atoms with E-state index in [1.54, 1.807) is 13.8 Å². The van der Waals surface area contributed by atoms with Crippen molar-refractivity contribution in [2.45, 2.75) is 38.6 Å². The molecule has 1 aromatic heterocycles. The van der Waals surface area contributed by atoms with Crippen LogP contribution in [0.15, 0.2) is 53.5 Å². The van der Waals surface area contributed by atoms with Crippen molar-refractivity contribution in [3.63, 3.8) is 0 Å². The number of hydrogen-bond donors (Lipinski definition) is 2. The maximum absolute atomic E-state index is 14.3. The number of rotatable bonds is 12. The second kappa shape index (κ2) is 13.7. The molecular formula is C28H28ClF4N3O6. The van der Waals surface area contributed by atoms with Crippen molar-refractivity contribution < 1.29 is 41.4 Å². The van der Waals surface area contributed by atoms with E-state index in [0.717, 1.165) is 22.8 Å². The van der Waals surface area contributed by atoms with Gasteiger partial charge in [0.2, 0.25) is 5.91 Å². The molecule has 0 spiro atoms. The Balaban J connectivity index is 2.04. The number of anilines is 1. The fourth-order valence-corrected chi connectivity index (χ4v) is 4.15. The molecule has 0 aliphatic carbocycles. The molecule has 3 rings (SSSR count). The predicted molar refractivity (Wildman–Crippen MR) is 148 cm³/mol. The van der Waals surface area contributed by atoms with E-state index >= 15 is 0 Å². The molecule has 2 aromatic carbocycles. The van der Waals surface area contributed by atoms with Crippen molar-refractivity contribution >= 4 is 29.1 Å². The minimum absolute atomic E-state index is 0.000653. The van der Waals surface area contributed by atoms with E-state index in [9.17, 15) is 31.9 Å². The summed E-state index contributed by atoms with van der Waals surface area (Å²) in [6.45, 7) is 2.04. The number of halogens is 5. The quantitative estimate of drug-likeness (QED) is 0.266. The van der Waals surface area contributed by atoms with Crippen LogP contribution in [0.25, 0.3) is 11.1 Å². The second-order valence-electron chi connectivity index (χ2n) is 9.32. The average molecular weight is 614 g/mol. The van der Waals surface area contributed by atoms with Gasteiger partial charge in [-0.05, 0) is 50.2 Å². The first-order chi connectivity index (χ1) is 19.7. The molecule has 0 fully saturated rings. The van der Waals surface area contributed by atoms with Crippen LogP contribution in [0.1, 0.15) is 36.7 Å². The summed E-state index contributed by atoms with van der Waals surface area (Å²) in [5.41, 5.74) is 4.17. The molecular weight excluding hydrogens is 586 g/mol. The number of nitrogens with one attached hydrogen (secondary N) is 1. The molecule has 14 heteroatoms. The number of amides is 2. The Bertz CT molecular complexity index is 1510. The van der Waals surface area contributed by atoms with E-state index < -0.39 is 42.0 Å². The van der Waals surface area contributed by atoms with Crippen LogP contribution in [-0.2, 0) is 9.53 Å². The van der Waals surface area contributed by atoms with Crippen LogP contribution >= 0.6 is 11.6 Å². The Kier molecular flexibility index (Phi) is 10.6. The predicted octanol–water partition coefficient (Wildman–Crippen LogP) is 5.35. The maximum atomic E-state index is 14.3. The first-order valence-electron chi connectivity index (χ1n) is 12.5. The summed E-state index contributed by atoms with van der Waals surface area (Å²) in [7, 11) is 1.27. The van der Waals surface area contributed by atoms with Crippen LogP contribution < -0.4 is 26.1 Å². The third kappa shape index (κ3) is 8.46. The molecule has 226 valence electrons. The van der Waals surface area contributed by atoms with Crippen molar-refractivity contribution in [2.24, 2.45) is 5.73 Å². The lowest BCUT2D eigenvalue weighted by Crippen LogP contribution is -2.34. The number of ether oxygens (including phenoxy) is 3. The number of alkyl halides is 3. The molecule has 0 radical (unpaired) electrons. The summed E-state index contributed by atoms with van der Waals surface area (Å²) in [5.74, 6) is -2.84. The number of carbonyl (C=O) groups is 2. The molecule has 9 nitrogen and oxygen atoms in total. The zero-order chi connectivity index (χ0) is 31.2. The van der Waals surface area contributed by atoms with Gasteiger partial charge in [-0.2, -0.15) is 13.2 Å². The summed E-state index contributed by atoms with van der Waals surface area (Å²) in [4.78, 5) is 38.1. The van der Waals surface area contributed by atoms with E-state index in [2.05, 4.69) is 5.32 Å². The molecule has 0 saturated heterocycles. The van der Waals surface area contributed by atoms with E-state index in [-0.39, 0.29) is 58.0 Å². The lowest BCUT2D eigenvalue weighted by Gasteiger charge is -2.22. The van der Waals surface area contributed by atoms with Crippen LogP contribution in [0.2, 0.25) is 5.02 Å². The van der Waals surface area contributed by atoms with Crippen molar-refractivity contribution in [1.82, 2.24) is 4.57 Å². The van der Waals surface area contributed by atoms with Gasteiger partial charge in [-0.3, -0.25) is 19.0 Å². The van der Waals surface area contributed by atoms with Gasteiger partial charge in [0.05, 0.1) is 25.0 Å². The highest BCUT2D eigenvalue weighted by Gasteiger charge is 2.30. The smallest absolute Gasteiger partial charge is 0.422 e. The summed E-state index contributed by atoms with van der Waals surface area (Å²) in [5, 5.41) is 2.67. The van der Waals surface area contributed by atoms with Crippen molar-refractivity contribution in [2.75, 3.05) is 25.6 Å². The van der Waals surface area contributed by atoms with Gasteiger partial charge in [0.25, 0.3) is 11.5 Å². The van der Waals surface area contributed by atoms with Gasteiger partial charge in [-0.15, -0.1) is 0 Å². The highest BCUT2D eigenvalue weighted by molar-refractivity contribution is 6.31. The molecule has 2 amide bonds. The minimum Gasteiger partial charge on any atom is -0.495 e. The molecule has 3 N–H and O–H groups in total. The highest BCUT2D eigenvalue weighted by Crippen LogP contribution is 2.38. The van der Waals surface area contributed by atoms with Gasteiger partial charge >= 0.3 is 6.18 Å². The second-order valence-corrected chi connectivity index (χ2v) is 9.75. The molecule has 42 heavy (non-hydrogen) atoms. The lowest BCUT2D eigenvalue weighted by molar-refractivity contribution is -0.153. The number of pyridine rings is 1. The molecule has 1 atom stereocenters. The van der Waals surface area contributed by atoms with Gasteiger partial charge in [0.15, 0.2) is 6.61 Å². The SMILES string of the molecule is COc1cn(C(CCOC(C)C)C(=O)Nc2ccc(C(N)=O)c(F)c2)c(=O)cc1-c1cc(Cl)ccc1OCC(F)(F)F. The fourth-order valence-electron chi connectivity index (χ4n) is 3.97. The molecule has 3 aromatic rings. The number of methoxy groups -OCH3 is 1. The normalized spacial score (nSPS) is 12.2. The number of primary amides is 1. The zero-order valence-electron chi connectivity index (χ0n) is 22.8. The number of carbonyl (C=O) groups excluding carboxylic acids is 2. The maximum Gasteiger partial charge on any atom is 0.422 e.